The average molecular weight is 604 g/mol. The summed E-state index contributed by atoms with van der Waals surface area (Å²) < 4.78 is 44.8. The standard InChI is InChI=1S/C31H29N3O8S/c1-39-25-15-18(16-26(40-2)30(25)41-3)14-19-8-13-23-28(22-6-4-5-7-24(22)34-29(19)23)31(36)42-17-27(35)33-20-9-11-21(12-10-20)43(32,37)38/h4-7,9-12,14-16H,8,13,17H2,1-3H3,(H,33,35)(H2,32,37,38)/b19-14-. The molecule has 12 heteroatoms. The number of nitrogens with two attached hydrogens (primary N) is 1. The molecule has 5 rings (SSSR count). The van der Waals surface area contributed by atoms with Gasteiger partial charge in [0.25, 0.3) is 5.91 Å². The number of sulfonamides is 1. The van der Waals surface area contributed by atoms with Crippen LogP contribution in [0.1, 0.15) is 33.6 Å². The van der Waals surface area contributed by atoms with Crippen molar-refractivity contribution in [2.75, 3.05) is 33.3 Å². The predicted octanol–water partition coefficient (Wildman–Crippen LogP) is 4.19. The van der Waals surface area contributed by atoms with Gasteiger partial charge in [0.05, 0.1) is 43.0 Å². The lowest BCUT2D eigenvalue weighted by Gasteiger charge is -2.14. The number of ether oxygens (including phenoxy) is 4. The maximum absolute atomic E-state index is 13.5. The van der Waals surface area contributed by atoms with E-state index in [-0.39, 0.29) is 4.90 Å². The number of nitrogens with zero attached hydrogens (tertiary/aromatic N) is 1. The summed E-state index contributed by atoms with van der Waals surface area (Å²) in [6.07, 6.45) is 3.16. The molecule has 4 aromatic rings. The van der Waals surface area contributed by atoms with E-state index in [2.05, 4.69) is 5.32 Å². The fourth-order valence-electron chi connectivity index (χ4n) is 5.03. The van der Waals surface area contributed by atoms with Gasteiger partial charge in [0.2, 0.25) is 15.8 Å². The van der Waals surface area contributed by atoms with Crippen molar-refractivity contribution < 1.29 is 37.0 Å². The molecule has 0 radical (unpaired) electrons. The number of carbonyl (C=O) groups excluding carboxylic acids is 2. The first-order chi connectivity index (χ1) is 20.6. The first-order valence-electron chi connectivity index (χ1n) is 13.1. The number of para-hydroxylation sites is 1. The third-order valence-corrected chi connectivity index (χ3v) is 7.90. The van der Waals surface area contributed by atoms with Crippen LogP contribution in [0.5, 0.6) is 17.2 Å². The number of carbonyl (C=O) groups is 2. The van der Waals surface area contributed by atoms with Gasteiger partial charge < -0.3 is 24.3 Å². The number of fused-ring (bicyclic) bond motifs is 2. The molecule has 1 heterocycles. The lowest BCUT2D eigenvalue weighted by molar-refractivity contribution is -0.119. The molecular weight excluding hydrogens is 574 g/mol. The number of rotatable bonds is 9. The van der Waals surface area contributed by atoms with Crippen molar-refractivity contribution in [2.24, 2.45) is 5.14 Å². The van der Waals surface area contributed by atoms with Gasteiger partial charge >= 0.3 is 5.97 Å². The molecule has 11 nitrogen and oxygen atoms in total. The number of amides is 1. The quantitative estimate of drug-likeness (QED) is 0.268. The molecule has 43 heavy (non-hydrogen) atoms. The zero-order chi connectivity index (χ0) is 30.7. The second-order valence-electron chi connectivity index (χ2n) is 9.65. The number of benzene rings is 3. The molecule has 222 valence electrons. The lowest BCUT2D eigenvalue weighted by Crippen LogP contribution is -2.22. The van der Waals surface area contributed by atoms with Gasteiger partial charge in [-0.05, 0) is 78.1 Å². The van der Waals surface area contributed by atoms with Crippen LogP contribution in [-0.4, -0.2) is 53.2 Å². The SMILES string of the molecule is COc1cc(/C=C2/CCc3c2nc2ccccc2c3C(=O)OCC(=O)Nc2ccc(S(N)(=O)=O)cc2)cc(OC)c1OC. The zero-order valence-corrected chi connectivity index (χ0v) is 24.5. The van der Waals surface area contributed by atoms with Crippen LogP contribution in [0.15, 0.2) is 65.6 Å². The summed E-state index contributed by atoms with van der Waals surface area (Å²) >= 11 is 0. The summed E-state index contributed by atoms with van der Waals surface area (Å²) in [5.74, 6) is 0.276. The van der Waals surface area contributed by atoms with Crippen molar-refractivity contribution in [3.63, 3.8) is 0 Å². The van der Waals surface area contributed by atoms with Crippen molar-refractivity contribution in [3.05, 3.63) is 83.0 Å². The number of anilines is 1. The Morgan fingerprint density at radius 3 is 2.26 bits per heavy atom. The van der Waals surface area contributed by atoms with Crippen LogP contribution in [0.4, 0.5) is 5.69 Å². The predicted molar refractivity (Wildman–Crippen MR) is 161 cm³/mol. The molecule has 0 bridgehead atoms. The van der Waals surface area contributed by atoms with Crippen LogP contribution < -0.4 is 24.7 Å². The first kappa shape index (κ1) is 29.5. The molecule has 1 aliphatic carbocycles. The van der Waals surface area contributed by atoms with Crippen molar-refractivity contribution >= 4 is 50.1 Å². The van der Waals surface area contributed by atoms with Crippen LogP contribution in [0, 0.1) is 0 Å². The van der Waals surface area contributed by atoms with Gasteiger partial charge in [0.15, 0.2) is 18.1 Å². The highest BCUT2D eigenvalue weighted by Crippen LogP contribution is 2.41. The van der Waals surface area contributed by atoms with Gasteiger partial charge in [0, 0.05) is 11.1 Å². The monoisotopic (exact) mass is 603 g/mol. The molecule has 1 amide bonds. The Hall–Kier alpha value is -4.94. The Bertz CT molecular complexity index is 1840. The largest absolute Gasteiger partial charge is 0.493 e. The highest BCUT2D eigenvalue weighted by atomic mass is 32.2. The number of methoxy groups -OCH3 is 3. The van der Waals surface area contributed by atoms with Crippen LogP contribution in [0.2, 0.25) is 0 Å². The van der Waals surface area contributed by atoms with E-state index < -0.39 is 28.5 Å². The van der Waals surface area contributed by atoms with E-state index in [0.29, 0.717) is 57.9 Å². The molecule has 0 saturated carbocycles. The van der Waals surface area contributed by atoms with Gasteiger partial charge in [-0.15, -0.1) is 0 Å². The van der Waals surface area contributed by atoms with Crippen LogP contribution >= 0.6 is 0 Å². The normalized spacial score (nSPS) is 13.4. The number of nitrogens with one attached hydrogen (secondary N) is 1. The number of primary sulfonamides is 1. The van der Waals surface area contributed by atoms with E-state index in [4.69, 9.17) is 29.1 Å². The number of hydrogen-bond acceptors (Lipinski definition) is 9. The Kier molecular flexibility index (Phi) is 8.33. The fraction of sp³-hybridized carbons (Fsp3) is 0.194. The number of hydrogen-bond donors (Lipinski definition) is 2. The van der Waals surface area contributed by atoms with Crippen LogP contribution in [0.3, 0.4) is 0 Å². The molecule has 3 aromatic carbocycles. The van der Waals surface area contributed by atoms with Crippen molar-refractivity contribution in [1.29, 1.82) is 0 Å². The molecule has 0 atom stereocenters. The molecule has 3 N–H and O–H groups in total. The summed E-state index contributed by atoms with van der Waals surface area (Å²) in [5.41, 5.74) is 4.45. The van der Waals surface area contributed by atoms with E-state index in [9.17, 15) is 18.0 Å². The summed E-state index contributed by atoms with van der Waals surface area (Å²) in [5, 5.41) is 8.31. The number of allylic oxidation sites excluding steroid dienone is 1. The minimum Gasteiger partial charge on any atom is -0.493 e. The van der Waals surface area contributed by atoms with Crippen molar-refractivity contribution in [3.8, 4) is 17.2 Å². The van der Waals surface area contributed by atoms with E-state index >= 15 is 0 Å². The number of esters is 1. The van der Waals surface area contributed by atoms with E-state index in [1.165, 1.54) is 24.3 Å². The Morgan fingerprint density at radius 1 is 0.953 bits per heavy atom. The maximum atomic E-state index is 13.5. The van der Waals surface area contributed by atoms with Gasteiger partial charge in [-0.1, -0.05) is 18.2 Å². The maximum Gasteiger partial charge on any atom is 0.339 e. The third-order valence-electron chi connectivity index (χ3n) is 6.97. The third kappa shape index (κ3) is 6.15. The van der Waals surface area contributed by atoms with Gasteiger partial charge in [0.1, 0.15) is 0 Å². The van der Waals surface area contributed by atoms with E-state index in [1.807, 2.05) is 36.4 Å². The highest BCUT2D eigenvalue weighted by Gasteiger charge is 2.28. The van der Waals surface area contributed by atoms with E-state index in [0.717, 1.165) is 16.7 Å². The Labute approximate surface area is 248 Å². The molecule has 1 aliphatic rings. The molecule has 0 spiro atoms. The topological polar surface area (TPSA) is 156 Å². The fourth-order valence-corrected chi connectivity index (χ4v) is 5.54. The van der Waals surface area contributed by atoms with Crippen LogP contribution in [0.25, 0.3) is 22.6 Å². The summed E-state index contributed by atoms with van der Waals surface area (Å²) in [4.78, 5) is 30.8. The molecule has 0 fully saturated rings. The zero-order valence-electron chi connectivity index (χ0n) is 23.7. The molecule has 0 saturated heterocycles. The summed E-state index contributed by atoms with van der Waals surface area (Å²) in [6, 6.07) is 16.3. The van der Waals surface area contributed by atoms with Gasteiger partial charge in [-0.3, -0.25) is 4.79 Å². The molecule has 0 unspecified atom stereocenters. The highest BCUT2D eigenvalue weighted by molar-refractivity contribution is 7.89. The van der Waals surface area contributed by atoms with Crippen LogP contribution in [-0.2, 0) is 26.0 Å². The number of pyridine rings is 1. The first-order valence-corrected chi connectivity index (χ1v) is 14.7. The van der Waals surface area contributed by atoms with E-state index in [1.54, 1.807) is 27.4 Å². The van der Waals surface area contributed by atoms with Crippen molar-refractivity contribution in [1.82, 2.24) is 4.98 Å². The molecule has 1 aromatic heterocycles. The molecular formula is C31H29N3O8S. The van der Waals surface area contributed by atoms with Crippen molar-refractivity contribution in [2.45, 2.75) is 17.7 Å². The minimum atomic E-state index is -3.86. The minimum absolute atomic E-state index is 0.0889. The lowest BCUT2D eigenvalue weighted by atomic mass is 10.0. The van der Waals surface area contributed by atoms with Gasteiger partial charge in [-0.25, -0.2) is 23.3 Å². The smallest absolute Gasteiger partial charge is 0.339 e. The Balaban J connectivity index is 1.42. The summed E-state index contributed by atoms with van der Waals surface area (Å²) in [6.45, 7) is -0.546. The second kappa shape index (κ2) is 12.1. The number of aromatic nitrogens is 1. The Morgan fingerprint density at radius 2 is 1.63 bits per heavy atom. The summed E-state index contributed by atoms with van der Waals surface area (Å²) in [7, 11) is 0.780. The van der Waals surface area contributed by atoms with Gasteiger partial charge in [-0.2, -0.15) is 0 Å². The second-order valence-corrected chi connectivity index (χ2v) is 11.2. The average Bonchev–Trinajstić information content (AvgIpc) is 3.39. The molecule has 0 aliphatic heterocycles.